The first-order chi connectivity index (χ1) is 10.1. The number of carbonyl (C=O) groups excluding carboxylic acids is 2. The molecule has 0 saturated heterocycles. The average Bonchev–Trinajstić information content (AvgIpc) is 2.49. The fraction of sp³-hybridized carbons (Fsp3) is 0.467. The zero-order valence-electron chi connectivity index (χ0n) is 11.9. The maximum atomic E-state index is 11.9. The lowest BCUT2D eigenvalue weighted by molar-refractivity contribution is -0.146. The molecule has 1 aromatic carbocycles. The molecule has 1 saturated carbocycles. The maximum absolute atomic E-state index is 11.9. The van der Waals surface area contributed by atoms with E-state index in [2.05, 4.69) is 10.6 Å². The van der Waals surface area contributed by atoms with Crippen LogP contribution in [0.2, 0.25) is 5.02 Å². The van der Waals surface area contributed by atoms with E-state index in [1.807, 2.05) is 6.07 Å². The number of nitrogens with one attached hydrogen (secondary N) is 2. The van der Waals surface area contributed by atoms with Crippen molar-refractivity contribution in [3.8, 4) is 0 Å². The Balaban J connectivity index is 1.80. The largest absolute Gasteiger partial charge is 0.469 e. The lowest BCUT2D eigenvalue weighted by atomic mass is 9.86. The molecule has 0 heterocycles. The van der Waals surface area contributed by atoms with Gasteiger partial charge in [-0.15, -0.1) is 0 Å². The van der Waals surface area contributed by atoms with E-state index in [9.17, 15) is 9.59 Å². The monoisotopic (exact) mass is 310 g/mol. The summed E-state index contributed by atoms with van der Waals surface area (Å²) in [5, 5.41) is 6.14. The smallest absolute Gasteiger partial charge is 0.319 e. The number of ether oxygens (including phenoxy) is 1. The Bertz CT molecular complexity index is 513. The molecule has 5 nitrogen and oxygen atoms in total. The van der Waals surface area contributed by atoms with Gasteiger partial charge in [-0.25, -0.2) is 4.79 Å². The van der Waals surface area contributed by atoms with Crippen LogP contribution in [0.15, 0.2) is 24.3 Å². The molecule has 0 atom stereocenters. The van der Waals surface area contributed by atoms with Crippen molar-refractivity contribution in [2.24, 2.45) is 5.92 Å². The lowest BCUT2D eigenvalue weighted by Crippen LogP contribution is -2.41. The minimum Gasteiger partial charge on any atom is -0.469 e. The van der Waals surface area contributed by atoms with E-state index in [1.165, 1.54) is 7.11 Å². The number of benzene rings is 1. The van der Waals surface area contributed by atoms with Crippen LogP contribution in [0.5, 0.6) is 0 Å². The predicted molar refractivity (Wildman–Crippen MR) is 81.4 cm³/mol. The van der Waals surface area contributed by atoms with E-state index in [1.54, 1.807) is 18.2 Å². The Morgan fingerprint density at radius 3 is 2.48 bits per heavy atom. The number of esters is 1. The van der Waals surface area contributed by atoms with E-state index in [0.29, 0.717) is 10.7 Å². The summed E-state index contributed by atoms with van der Waals surface area (Å²) in [6, 6.07) is 6.88. The number of anilines is 1. The number of carbonyl (C=O) groups is 2. The van der Waals surface area contributed by atoms with Crippen molar-refractivity contribution in [1.82, 2.24) is 5.32 Å². The van der Waals surface area contributed by atoms with Gasteiger partial charge in [0.2, 0.25) is 0 Å². The third kappa shape index (κ3) is 4.36. The Labute approximate surface area is 129 Å². The van der Waals surface area contributed by atoms with E-state index in [4.69, 9.17) is 16.3 Å². The van der Waals surface area contributed by atoms with Crippen molar-refractivity contribution in [3.05, 3.63) is 29.3 Å². The molecule has 0 spiro atoms. The summed E-state index contributed by atoms with van der Waals surface area (Å²) in [4.78, 5) is 23.4. The number of halogens is 1. The minimum absolute atomic E-state index is 0.0420. The van der Waals surface area contributed by atoms with Crippen LogP contribution in [-0.4, -0.2) is 25.2 Å². The molecule has 2 amide bonds. The van der Waals surface area contributed by atoms with Gasteiger partial charge in [0.25, 0.3) is 0 Å². The number of rotatable bonds is 3. The summed E-state index contributed by atoms with van der Waals surface area (Å²) < 4.78 is 4.74. The van der Waals surface area contributed by atoms with Gasteiger partial charge in [-0.05, 0) is 37.8 Å². The Kier molecular flexibility index (Phi) is 5.44. The molecule has 6 heteroatoms. The first-order valence-corrected chi connectivity index (χ1v) is 7.38. The topological polar surface area (TPSA) is 67.4 Å². The van der Waals surface area contributed by atoms with E-state index in [-0.39, 0.29) is 24.0 Å². The van der Waals surface area contributed by atoms with Gasteiger partial charge < -0.3 is 15.4 Å². The summed E-state index contributed by atoms with van der Waals surface area (Å²) in [6.45, 7) is 0. The van der Waals surface area contributed by atoms with E-state index in [0.717, 1.165) is 25.7 Å². The van der Waals surface area contributed by atoms with Gasteiger partial charge in [-0.2, -0.15) is 0 Å². The molecule has 0 radical (unpaired) electrons. The highest BCUT2D eigenvalue weighted by Crippen LogP contribution is 2.25. The first kappa shape index (κ1) is 15.6. The third-order valence-electron chi connectivity index (χ3n) is 3.72. The zero-order chi connectivity index (χ0) is 15.2. The Morgan fingerprint density at radius 1 is 1.19 bits per heavy atom. The third-order valence-corrected chi connectivity index (χ3v) is 4.05. The van der Waals surface area contributed by atoms with Crippen molar-refractivity contribution < 1.29 is 14.3 Å². The van der Waals surface area contributed by atoms with Crippen LogP contribution >= 0.6 is 11.6 Å². The predicted octanol–water partition coefficient (Wildman–Crippen LogP) is 3.19. The van der Waals surface area contributed by atoms with Gasteiger partial charge in [-0.3, -0.25) is 4.79 Å². The number of hydrogen-bond donors (Lipinski definition) is 2. The molecule has 2 rings (SSSR count). The van der Waals surface area contributed by atoms with Crippen molar-refractivity contribution in [2.75, 3.05) is 12.4 Å². The van der Waals surface area contributed by atoms with Gasteiger partial charge in [0.05, 0.1) is 23.7 Å². The number of hydrogen-bond acceptors (Lipinski definition) is 3. The highest BCUT2D eigenvalue weighted by molar-refractivity contribution is 6.33. The number of amides is 2. The summed E-state index contributed by atoms with van der Waals surface area (Å²) in [5.41, 5.74) is 0.583. The van der Waals surface area contributed by atoms with Crippen LogP contribution in [0.3, 0.4) is 0 Å². The molecule has 1 aliphatic carbocycles. The molecule has 1 fully saturated rings. The van der Waals surface area contributed by atoms with Gasteiger partial charge >= 0.3 is 12.0 Å². The van der Waals surface area contributed by atoms with Crippen molar-refractivity contribution in [3.63, 3.8) is 0 Å². The van der Waals surface area contributed by atoms with Crippen LogP contribution < -0.4 is 10.6 Å². The van der Waals surface area contributed by atoms with Crippen LogP contribution in [-0.2, 0) is 9.53 Å². The normalized spacial score (nSPS) is 21.4. The molecule has 0 unspecified atom stereocenters. The zero-order valence-corrected chi connectivity index (χ0v) is 12.7. The average molecular weight is 311 g/mol. The van der Waals surface area contributed by atoms with Crippen LogP contribution in [0.1, 0.15) is 25.7 Å². The van der Waals surface area contributed by atoms with Gasteiger partial charge in [-0.1, -0.05) is 23.7 Å². The number of methoxy groups -OCH3 is 1. The molecule has 0 bridgehead atoms. The molecule has 114 valence electrons. The molecule has 1 aliphatic rings. The minimum atomic E-state index is -0.274. The second-order valence-corrected chi connectivity index (χ2v) is 5.56. The second-order valence-electron chi connectivity index (χ2n) is 5.15. The summed E-state index contributed by atoms with van der Waals surface area (Å²) in [5.74, 6) is -0.200. The number of para-hydroxylation sites is 1. The molecule has 2 N–H and O–H groups in total. The summed E-state index contributed by atoms with van der Waals surface area (Å²) in [6.07, 6.45) is 3.03. The first-order valence-electron chi connectivity index (χ1n) is 7.00. The Hall–Kier alpha value is -1.75. The van der Waals surface area contributed by atoms with Crippen LogP contribution in [0.25, 0.3) is 0 Å². The van der Waals surface area contributed by atoms with Crippen molar-refractivity contribution in [1.29, 1.82) is 0 Å². The second kappa shape index (κ2) is 7.31. The fourth-order valence-corrected chi connectivity index (χ4v) is 2.73. The molecule has 0 aromatic heterocycles. The standard InChI is InChI=1S/C15H19ClN2O3/c1-21-14(19)10-6-8-11(9-7-10)17-15(20)18-13-5-3-2-4-12(13)16/h2-5,10-11H,6-9H2,1H3,(H2,17,18,20). The molecule has 21 heavy (non-hydrogen) atoms. The quantitative estimate of drug-likeness (QED) is 0.843. The SMILES string of the molecule is COC(=O)C1CCC(NC(=O)Nc2ccccc2Cl)CC1. The van der Waals surface area contributed by atoms with E-state index >= 15 is 0 Å². The molecule has 1 aromatic rings. The number of urea groups is 1. The highest BCUT2D eigenvalue weighted by atomic mass is 35.5. The van der Waals surface area contributed by atoms with Crippen LogP contribution in [0.4, 0.5) is 10.5 Å². The highest BCUT2D eigenvalue weighted by Gasteiger charge is 2.27. The summed E-state index contributed by atoms with van der Waals surface area (Å²) in [7, 11) is 1.41. The van der Waals surface area contributed by atoms with E-state index < -0.39 is 0 Å². The maximum Gasteiger partial charge on any atom is 0.319 e. The van der Waals surface area contributed by atoms with Crippen molar-refractivity contribution >= 4 is 29.3 Å². The fourth-order valence-electron chi connectivity index (χ4n) is 2.55. The lowest BCUT2D eigenvalue weighted by Gasteiger charge is -2.27. The summed E-state index contributed by atoms with van der Waals surface area (Å²) >= 11 is 5.99. The van der Waals surface area contributed by atoms with Gasteiger partial charge in [0, 0.05) is 6.04 Å². The molecule has 0 aliphatic heterocycles. The molecular formula is C15H19ClN2O3. The van der Waals surface area contributed by atoms with Crippen molar-refractivity contribution in [2.45, 2.75) is 31.7 Å². The Morgan fingerprint density at radius 2 is 1.86 bits per heavy atom. The molecular weight excluding hydrogens is 292 g/mol. The van der Waals surface area contributed by atoms with Gasteiger partial charge in [0.1, 0.15) is 0 Å². The van der Waals surface area contributed by atoms with Crippen LogP contribution in [0, 0.1) is 5.92 Å². The van der Waals surface area contributed by atoms with Gasteiger partial charge in [0.15, 0.2) is 0 Å².